The Labute approximate surface area is 129 Å². The molecule has 0 amide bonds. The monoisotopic (exact) mass is 311 g/mol. The van der Waals surface area contributed by atoms with Gasteiger partial charge in [0.1, 0.15) is 5.82 Å². The lowest BCUT2D eigenvalue weighted by Crippen LogP contribution is -2.02. The molecule has 0 radical (unpaired) electrons. The van der Waals surface area contributed by atoms with Gasteiger partial charge in [-0.3, -0.25) is 4.79 Å². The first-order valence-electron chi connectivity index (χ1n) is 6.59. The van der Waals surface area contributed by atoms with Crippen LogP contribution < -0.4 is 5.32 Å². The molecule has 0 unspecified atom stereocenters. The highest BCUT2D eigenvalue weighted by Crippen LogP contribution is 2.20. The number of nitrogens with zero attached hydrogens (tertiary/aromatic N) is 2. The Morgan fingerprint density at radius 3 is 2.90 bits per heavy atom. The van der Waals surface area contributed by atoms with Gasteiger partial charge in [-0.1, -0.05) is 7.43 Å². The fourth-order valence-corrected chi connectivity index (χ4v) is 2.27. The number of carbonyl (C=O) groups is 1. The molecule has 0 aliphatic heterocycles. The normalized spacial score (nSPS) is 10.4. The van der Waals surface area contributed by atoms with Crippen LogP contribution in [0.5, 0.6) is 0 Å². The summed E-state index contributed by atoms with van der Waals surface area (Å²) in [6.07, 6.45) is 1.44. The molecule has 1 aromatic heterocycles. The highest BCUT2D eigenvalue weighted by molar-refractivity contribution is 6.18. The molecule has 6 heteroatoms. The van der Waals surface area contributed by atoms with Gasteiger partial charge in [0, 0.05) is 38.0 Å². The standard InChI is InChI=1S/C14H18ClN3O2.CH4/c1-18-12-6-5-10(16-8-7-15)9-11(12)17-13(18)3-2-4-14(19)20;/h5-6,9,16H,2-4,7-8H2,1H3,(H,19,20);1H4. The van der Waals surface area contributed by atoms with E-state index in [2.05, 4.69) is 10.3 Å². The third-order valence-electron chi connectivity index (χ3n) is 3.19. The fourth-order valence-electron chi connectivity index (χ4n) is 2.17. The molecule has 0 saturated carbocycles. The van der Waals surface area contributed by atoms with Crippen molar-refractivity contribution < 1.29 is 9.90 Å². The van der Waals surface area contributed by atoms with Crippen LogP contribution in [0.15, 0.2) is 18.2 Å². The van der Waals surface area contributed by atoms with Gasteiger partial charge in [-0.05, 0) is 24.6 Å². The first-order chi connectivity index (χ1) is 9.61. The van der Waals surface area contributed by atoms with E-state index in [1.54, 1.807) is 0 Å². The summed E-state index contributed by atoms with van der Waals surface area (Å²) in [4.78, 5) is 15.1. The molecule has 2 aromatic rings. The summed E-state index contributed by atoms with van der Waals surface area (Å²) >= 11 is 5.65. The third-order valence-corrected chi connectivity index (χ3v) is 3.38. The highest BCUT2D eigenvalue weighted by atomic mass is 35.5. The van der Waals surface area contributed by atoms with Crippen LogP contribution >= 0.6 is 11.6 Å². The van der Waals surface area contributed by atoms with Crippen LogP contribution in [-0.2, 0) is 18.3 Å². The second kappa shape index (κ2) is 7.88. The minimum Gasteiger partial charge on any atom is -0.481 e. The Morgan fingerprint density at radius 2 is 2.24 bits per heavy atom. The number of carboxylic acid groups (broad SMARTS) is 1. The topological polar surface area (TPSA) is 67.2 Å². The number of nitrogens with one attached hydrogen (secondary N) is 1. The first kappa shape index (κ1) is 17.3. The number of fused-ring (bicyclic) bond motifs is 1. The third kappa shape index (κ3) is 4.36. The highest BCUT2D eigenvalue weighted by Gasteiger charge is 2.09. The number of imidazole rings is 1. The zero-order valence-electron chi connectivity index (χ0n) is 11.4. The van der Waals surface area contributed by atoms with Crippen molar-refractivity contribution in [2.75, 3.05) is 17.7 Å². The van der Waals surface area contributed by atoms with Crippen molar-refractivity contribution in [1.82, 2.24) is 9.55 Å². The van der Waals surface area contributed by atoms with E-state index in [1.165, 1.54) is 0 Å². The molecular formula is C15H22ClN3O2. The van der Waals surface area contributed by atoms with Gasteiger partial charge < -0.3 is 15.0 Å². The minimum absolute atomic E-state index is 0. The lowest BCUT2D eigenvalue weighted by molar-refractivity contribution is -0.137. The summed E-state index contributed by atoms with van der Waals surface area (Å²) in [6, 6.07) is 6.00. The fraction of sp³-hybridized carbons (Fsp3) is 0.467. The molecule has 0 bridgehead atoms. The lowest BCUT2D eigenvalue weighted by atomic mass is 10.2. The van der Waals surface area contributed by atoms with E-state index in [0.29, 0.717) is 25.3 Å². The zero-order chi connectivity index (χ0) is 14.5. The average Bonchev–Trinajstić information content (AvgIpc) is 2.72. The van der Waals surface area contributed by atoms with Gasteiger partial charge >= 0.3 is 5.97 Å². The SMILES string of the molecule is C.Cn1c(CCCC(=O)O)nc2cc(NCCCl)ccc21. The summed E-state index contributed by atoms with van der Waals surface area (Å²) in [5.41, 5.74) is 2.96. The smallest absolute Gasteiger partial charge is 0.303 e. The number of aromatic nitrogens is 2. The van der Waals surface area contributed by atoms with Crippen molar-refractivity contribution in [3.8, 4) is 0 Å². The molecule has 0 aliphatic carbocycles. The minimum atomic E-state index is -0.767. The molecule has 0 fully saturated rings. The van der Waals surface area contributed by atoms with Crippen LogP contribution in [0.4, 0.5) is 5.69 Å². The molecule has 2 rings (SSSR count). The molecule has 21 heavy (non-hydrogen) atoms. The van der Waals surface area contributed by atoms with Crippen molar-refractivity contribution in [3.63, 3.8) is 0 Å². The van der Waals surface area contributed by atoms with Gasteiger partial charge in [0.25, 0.3) is 0 Å². The zero-order valence-corrected chi connectivity index (χ0v) is 12.2. The number of aryl methyl sites for hydroxylation is 2. The summed E-state index contributed by atoms with van der Waals surface area (Å²) in [7, 11) is 1.96. The second-order valence-electron chi connectivity index (χ2n) is 4.65. The van der Waals surface area contributed by atoms with Crippen molar-refractivity contribution in [2.24, 2.45) is 7.05 Å². The van der Waals surface area contributed by atoms with E-state index < -0.39 is 5.97 Å². The summed E-state index contributed by atoms with van der Waals surface area (Å²) in [5.74, 6) is 0.702. The van der Waals surface area contributed by atoms with Crippen molar-refractivity contribution in [2.45, 2.75) is 26.7 Å². The number of hydrogen-bond donors (Lipinski definition) is 2. The molecule has 0 spiro atoms. The van der Waals surface area contributed by atoms with Crippen LogP contribution in [-0.4, -0.2) is 33.1 Å². The van der Waals surface area contributed by atoms with Gasteiger partial charge in [-0.2, -0.15) is 0 Å². The van der Waals surface area contributed by atoms with E-state index in [0.717, 1.165) is 22.5 Å². The molecule has 116 valence electrons. The van der Waals surface area contributed by atoms with Gasteiger partial charge in [0.2, 0.25) is 0 Å². The Balaban J connectivity index is 0.00000220. The Hall–Kier alpha value is -1.75. The Kier molecular flexibility index (Phi) is 6.49. The maximum Gasteiger partial charge on any atom is 0.303 e. The molecule has 1 heterocycles. The van der Waals surface area contributed by atoms with Crippen LogP contribution in [0.1, 0.15) is 26.1 Å². The predicted octanol–water partition coefficient (Wildman–Crippen LogP) is 3.27. The quantitative estimate of drug-likeness (QED) is 0.770. The van der Waals surface area contributed by atoms with E-state index >= 15 is 0 Å². The molecular weight excluding hydrogens is 290 g/mol. The molecule has 5 nitrogen and oxygen atoms in total. The molecule has 0 atom stereocenters. The number of alkyl halides is 1. The Bertz CT molecular complexity index is 610. The first-order valence-corrected chi connectivity index (χ1v) is 7.12. The van der Waals surface area contributed by atoms with E-state index in [9.17, 15) is 4.79 Å². The predicted molar refractivity (Wildman–Crippen MR) is 87.2 cm³/mol. The maximum absolute atomic E-state index is 10.5. The van der Waals surface area contributed by atoms with Crippen LogP contribution in [0.2, 0.25) is 0 Å². The molecule has 0 aliphatic rings. The lowest BCUT2D eigenvalue weighted by Gasteiger charge is -2.04. The Morgan fingerprint density at radius 1 is 1.48 bits per heavy atom. The van der Waals surface area contributed by atoms with Gasteiger partial charge in [-0.15, -0.1) is 11.6 Å². The summed E-state index contributed by atoms with van der Waals surface area (Å²) < 4.78 is 2.02. The summed E-state index contributed by atoms with van der Waals surface area (Å²) in [6.45, 7) is 0.714. The van der Waals surface area contributed by atoms with Crippen LogP contribution in [0, 0.1) is 0 Å². The number of hydrogen-bond acceptors (Lipinski definition) is 3. The second-order valence-corrected chi connectivity index (χ2v) is 5.03. The number of carboxylic acids is 1. The average molecular weight is 312 g/mol. The van der Waals surface area contributed by atoms with Crippen molar-refractivity contribution in [1.29, 1.82) is 0 Å². The number of anilines is 1. The largest absolute Gasteiger partial charge is 0.481 e. The summed E-state index contributed by atoms with van der Waals surface area (Å²) in [5, 5.41) is 11.9. The number of rotatable bonds is 7. The van der Waals surface area contributed by atoms with Crippen molar-refractivity contribution >= 4 is 34.3 Å². The molecule has 0 saturated heterocycles. The van der Waals surface area contributed by atoms with Crippen molar-refractivity contribution in [3.05, 3.63) is 24.0 Å². The van der Waals surface area contributed by atoms with Gasteiger partial charge in [0.15, 0.2) is 0 Å². The van der Waals surface area contributed by atoms with Gasteiger partial charge in [0.05, 0.1) is 11.0 Å². The van der Waals surface area contributed by atoms with E-state index in [-0.39, 0.29) is 13.8 Å². The number of benzene rings is 1. The van der Waals surface area contributed by atoms with Crippen LogP contribution in [0.3, 0.4) is 0 Å². The van der Waals surface area contributed by atoms with Crippen LogP contribution in [0.25, 0.3) is 11.0 Å². The van der Waals surface area contributed by atoms with E-state index in [4.69, 9.17) is 16.7 Å². The molecule has 2 N–H and O–H groups in total. The van der Waals surface area contributed by atoms with Gasteiger partial charge in [-0.25, -0.2) is 4.98 Å². The number of aliphatic carboxylic acids is 1. The maximum atomic E-state index is 10.5. The van der Waals surface area contributed by atoms with E-state index in [1.807, 2.05) is 29.8 Å². The molecule has 1 aromatic carbocycles. The number of halogens is 1.